The van der Waals surface area contributed by atoms with Gasteiger partial charge >= 0.3 is 0 Å². The normalized spacial score (nSPS) is 15.4. The number of ether oxygens (including phenoxy) is 1. The number of morpholine rings is 1. The van der Waals surface area contributed by atoms with Crippen molar-refractivity contribution < 1.29 is 22.7 Å². The summed E-state index contributed by atoms with van der Waals surface area (Å²) in [4.78, 5) is 12.3. The molecule has 1 N–H and O–H groups in total. The van der Waals surface area contributed by atoms with Gasteiger partial charge in [0.2, 0.25) is 15.9 Å². The van der Waals surface area contributed by atoms with Crippen molar-refractivity contribution in [2.45, 2.75) is 9.92 Å². The van der Waals surface area contributed by atoms with Gasteiger partial charge in [-0.15, -0.1) is 0 Å². The van der Waals surface area contributed by atoms with Gasteiger partial charge < -0.3 is 15.3 Å². The van der Waals surface area contributed by atoms with Crippen LogP contribution in [0.4, 0.5) is 5.69 Å². The largest absolute Gasteiger partial charge is 0.618 e. The van der Waals surface area contributed by atoms with Crippen molar-refractivity contribution in [3.05, 3.63) is 53.9 Å². The second-order valence-electron chi connectivity index (χ2n) is 5.75. The van der Waals surface area contributed by atoms with Gasteiger partial charge in [0, 0.05) is 30.9 Å². The molecule has 1 fully saturated rings. The van der Waals surface area contributed by atoms with E-state index in [0.29, 0.717) is 41.7 Å². The molecule has 0 bridgehead atoms. The molecular weight excluding hydrogens is 390 g/mol. The van der Waals surface area contributed by atoms with E-state index in [1.54, 1.807) is 30.3 Å². The maximum absolute atomic E-state index is 12.7. The molecular formula is C17H19N3O5S2. The highest BCUT2D eigenvalue weighted by atomic mass is 32.2. The SMILES string of the molecule is O=C(CSc1cccc[n+]1[O-])Nc1cccc(S(=O)(=O)N2CCOCC2)c1. The molecule has 1 amide bonds. The Bertz CT molecular complexity index is 914. The lowest BCUT2D eigenvalue weighted by Gasteiger charge is -2.26. The van der Waals surface area contributed by atoms with Gasteiger partial charge in [0.1, 0.15) is 0 Å². The van der Waals surface area contributed by atoms with Gasteiger partial charge in [-0.25, -0.2) is 8.42 Å². The number of hydrogen-bond donors (Lipinski definition) is 1. The highest BCUT2D eigenvalue weighted by Crippen LogP contribution is 2.21. The van der Waals surface area contributed by atoms with Crippen LogP contribution in [-0.4, -0.2) is 50.7 Å². The Morgan fingerprint density at radius 2 is 2.00 bits per heavy atom. The fraction of sp³-hybridized carbons (Fsp3) is 0.294. The molecule has 0 atom stereocenters. The van der Waals surface area contributed by atoms with E-state index in [9.17, 15) is 18.4 Å². The molecule has 1 saturated heterocycles. The number of hydrogen-bond acceptors (Lipinski definition) is 6. The number of nitrogens with one attached hydrogen (secondary N) is 1. The maximum atomic E-state index is 12.7. The molecule has 1 aliphatic rings. The Balaban J connectivity index is 1.65. The third-order valence-electron chi connectivity index (χ3n) is 3.87. The van der Waals surface area contributed by atoms with Crippen LogP contribution in [0.2, 0.25) is 0 Å². The average molecular weight is 409 g/mol. The van der Waals surface area contributed by atoms with E-state index in [-0.39, 0.29) is 16.6 Å². The van der Waals surface area contributed by atoms with Gasteiger partial charge in [-0.2, -0.15) is 9.04 Å². The molecule has 27 heavy (non-hydrogen) atoms. The van der Waals surface area contributed by atoms with Crippen LogP contribution in [0.25, 0.3) is 0 Å². The highest BCUT2D eigenvalue weighted by molar-refractivity contribution is 7.99. The first-order valence-corrected chi connectivity index (χ1v) is 10.7. The van der Waals surface area contributed by atoms with Crippen molar-refractivity contribution >= 4 is 33.4 Å². The van der Waals surface area contributed by atoms with Gasteiger partial charge in [-0.3, -0.25) is 4.79 Å². The van der Waals surface area contributed by atoms with Gasteiger partial charge in [-0.05, 0) is 36.0 Å². The zero-order valence-corrected chi connectivity index (χ0v) is 16.0. The summed E-state index contributed by atoms with van der Waals surface area (Å²) in [6.45, 7) is 1.35. The predicted molar refractivity (Wildman–Crippen MR) is 101 cm³/mol. The minimum absolute atomic E-state index is 0.0344. The van der Waals surface area contributed by atoms with Crippen LogP contribution in [0.1, 0.15) is 0 Å². The van der Waals surface area contributed by atoms with Crippen LogP contribution in [0, 0.1) is 5.21 Å². The number of rotatable bonds is 6. The molecule has 0 saturated carbocycles. The molecule has 8 nitrogen and oxygen atoms in total. The van der Waals surface area contributed by atoms with E-state index in [1.165, 1.54) is 22.6 Å². The fourth-order valence-corrected chi connectivity index (χ4v) is 4.70. The minimum atomic E-state index is -3.63. The molecule has 2 aromatic rings. The third-order valence-corrected chi connectivity index (χ3v) is 6.78. The standard InChI is InChI=1S/C17H19N3O5S2/c21-16(13-26-17-6-1-2-7-20(17)22)18-14-4-3-5-15(12-14)27(23,24)19-8-10-25-11-9-19/h1-7,12H,8-11,13H2,(H,18,21). The first-order chi connectivity index (χ1) is 13.0. The number of amides is 1. The molecule has 0 spiro atoms. The van der Waals surface area contributed by atoms with Gasteiger partial charge in [0.05, 0.1) is 23.9 Å². The summed E-state index contributed by atoms with van der Waals surface area (Å²) in [5.41, 5.74) is 0.387. The monoisotopic (exact) mass is 409 g/mol. The fourth-order valence-electron chi connectivity index (χ4n) is 2.53. The molecule has 1 aromatic heterocycles. The smallest absolute Gasteiger partial charge is 0.251 e. The van der Waals surface area contributed by atoms with E-state index >= 15 is 0 Å². The number of carbonyl (C=O) groups is 1. The van der Waals surface area contributed by atoms with Crippen LogP contribution >= 0.6 is 11.8 Å². The topological polar surface area (TPSA) is 103 Å². The number of benzene rings is 1. The molecule has 3 rings (SSSR count). The Morgan fingerprint density at radius 3 is 2.74 bits per heavy atom. The molecule has 2 heterocycles. The van der Waals surface area contributed by atoms with Crippen LogP contribution < -0.4 is 10.0 Å². The zero-order valence-electron chi connectivity index (χ0n) is 14.4. The first-order valence-electron chi connectivity index (χ1n) is 8.25. The number of carbonyl (C=O) groups excluding carboxylic acids is 1. The van der Waals surface area contributed by atoms with Gasteiger partial charge in [0.25, 0.3) is 5.03 Å². The summed E-state index contributed by atoms with van der Waals surface area (Å²) in [5.74, 6) is -0.294. The van der Waals surface area contributed by atoms with Crippen molar-refractivity contribution in [1.29, 1.82) is 0 Å². The second-order valence-corrected chi connectivity index (χ2v) is 8.68. The summed E-state index contributed by atoms with van der Waals surface area (Å²) in [6.07, 6.45) is 1.36. The second kappa shape index (κ2) is 8.70. The summed E-state index contributed by atoms with van der Waals surface area (Å²) in [6, 6.07) is 11.1. The van der Waals surface area contributed by atoms with Crippen molar-refractivity contribution in [3.8, 4) is 0 Å². The van der Waals surface area contributed by atoms with Crippen LogP contribution in [0.15, 0.2) is 58.6 Å². The van der Waals surface area contributed by atoms with Crippen molar-refractivity contribution in [2.75, 3.05) is 37.4 Å². The lowest BCUT2D eigenvalue weighted by atomic mass is 10.3. The lowest BCUT2D eigenvalue weighted by Crippen LogP contribution is -2.40. The molecule has 0 unspecified atom stereocenters. The molecule has 1 aromatic carbocycles. The number of nitrogens with zero attached hydrogens (tertiary/aromatic N) is 2. The van der Waals surface area contributed by atoms with E-state index in [1.807, 2.05) is 0 Å². The summed E-state index contributed by atoms with van der Waals surface area (Å²) >= 11 is 1.10. The minimum Gasteiger partial charge on any atom is -0.618 e. The van der Waals surface area contributed by atoms with E-state index in [0.717, 1.165) is 11.8 Å². The van der Waals surface area contributed by atoms with Crippen LogP contribution in [-0.2, 0) is 19.6 Å². The third kappa shape index (κ3) is 4.98. The van der Waals surface area contributed by atoms with Gasteiger partial charge in [-0.1, -0.05) is 6.07 Å². The molecule has 0 radical (unpaired) electrons. The van der Waals surface area contributed by atoms with Crippen LogP contribution in [0.3, 0.4) is 0 Å². The average Bonchev–Trinajstić information content (AvgIpc) is 2.68. The van der Waals surface area contributed by atoms with Gasteiger partial charge in [0.15, 0.2) is 6.20 Å². The maximum Gasteiger partial charge on any atom is 0.251 e. The van der Waals surface area contributed by atoms with E-state index in [2.05, 4.69) is 5.32 Å². The number of sulfonamides is 1. The van der Waals surface area contributed by atoms with Crippen molar-refractivity contribution in [3.63, 3.8) is 0 Å². The number of thioether (sulfide) groups is 1. The number of pyridine rings is 1. The molecule has 0 aliphatic carbocycles. The summed E-state index contributed by atoms with van der Waals surface area (Å²) in [7, 11) is -3.63. The molecule has 144 valence electrons. The lowest BCUT2D eigenvalue weighted by molar-refractivity contribution is -0.645. The number of aromatic nitrogens is 1. The van der Waals surface area contributed by atoms with Crippen molar-refractivity contribution in [1.82, 2.24) is 4.31 Å². The van der Waals surface area contributed by atoms with Crippen LogP contribution in [0.5, 0.6) is 0 Å². The zero-order chi connectivity index (χ0) is 19.3. The van der Waals surface area contributed by atoms with E-state index < -0.39 is 10.0 Å². The quantitative estimate of drug-likeness (QED) is 0.435. The molecule has 1 aliphatic heterocycles. The number of anilines is 1. The predicted octanol–water partition coefficient (Wildman–Crippen LogP) is 1.07. The molecule has 10 heteroatoms. The Labute approximate surface area is 161 Å². The Kier molecular flexibility index (Phi) is 6.32. The summed E-state index contributed by atoms with van der Waals surface area (Å²) in [5, 5.41) is 14.7. The van der Waals surface area contributed by atoms with E-state index in [4.69, 9.17) is 4.74 Å². The first kappa shape index (κ1) is 19.6. The Morgan fingerprint density at radius 1 is 1.22 bits per heavy atom. The Hall–Kier alpha value is -2.14. The van der Waals surface area contributed by atoms with Crippen molar-refractivity contribution in [2.24, 2.45) is 0 Å². The summed E-state index contributed by atoms with van der Waals surface area (Å²) < 4.78 is 32.6. The highest BCUT2D eigenvalue weighted by Gasteiger charge is 2.26.